The Balaban J connectivity index is 2.22. The van der Waals surface area contributed by atoms with Gasteiger partial charge in [-0.3, -0.25) is 4.98 Å². The van der Waals surface area contributed by atoms with Crippen LogP contribution in [0.3, 0.4) is 0 Å². The molecule has 0 aromatic carbocycles. The van der Waals surface area contributed by atoms with E-state index in [2.05, 4.69) is 9.88 Å². The zero-order chi connectivity index (χ0) is 10.7. The molecule has 1 aromatic rings. The van der Waals surface area contributed by atoms with Crippen LogP contribution in [0.15, 0.2) is 24.5 Å². The first-order valence-electron chi connectivity index (χ1n) is 5.25. The molecule has 15 heavy (non-hydrogen) atoms. The normalized spacial score (nSPS) is 21.3. The molecule has 1 atom stereocenters. The van der Waals surface area contributed by atoms with Crippen molar-refractivity contribution in [3.8, 4) is 0 Å². The minimum atomic E-state index is 0.347. The highest BCUT2D eigenvalue weighted by atomic mass is 32.1. The first kappa shape index (κ1) is 10.4. The molecule has 1 aromatic heterocycles. The summed E-state index contributed by atoms with van der Waals surface area (Å²) in [7, 11) is 0. The van der Waals surface area contributed by atoms with Crippen molar-refractivity contribution in [1.29, 1.82) is 0 Å². The number of piperidine rings is 1. The van der Waals surface area contributed by atoms with Gasteiger partial charge in [0.1, 0.15) is 0 Å². The van der Waals surface area contributed by atoms with Crippen LogP contribution in [-0.4, -0.2) is 21.5 Å². The summed E-state index contributed by atoms with van der Waals surface area (Å²) in [4.78, 5) is 6.15. The molecule has 4 heteroatoms. The molecule has 1 fully saturated rings. The van der Waals surface area contributed by atoms with Gasteiger partial charge in [-0.15, -0.1) is 0 Å². The van der Waals surface area contributed by atoms with Gasteiger partial charge in [0.2, 0.25) is 0 Å². The Morgan fingerprint density at radius 3 is 2.80 bits per heavy atom. The summed E-state index contributed by atoms with van der Waals surface area (Å²) in [6, 6.07) is 4.43. The second kappa shape index (κ2) is 4.57. The lowest BCUT2D eigenvalue weighted by Gasteiger charge is -2.36. The third-order valence-electron chi connectivity index (χ3n) is 2.88. The maximum atomic E-state index is 5.74. The maximum Gasteiger partial charge on any atom is 0.166 e. The van der Waals surface area contributed by atoms with Gasteiger partial charge in [0, 0.05) is 18.9 Å². The van der Waals surface area contributed by atoms with Gasteiger partial charge < -0.3 is 10.6 Å². The minimum absolute atomic E-state index is 0.347. The van der Waals surface area contributed by atoms with E-state index in [1.165, 1.54) is 18.4 Å². The average molecular weight is 221 g/mol. The molecule has 0 spiro atoms. The van der Waals surface area contributed by atoms with Crippen molar-refractivity contribution in [2.24, 2.45) is 5.73 Å². The molecular weight excluding hydrogens is 206 g/mol. The molecule has 2 heterocycles. The summed E-state index contributed by atoms with van der Waals surface area (Å²) in [5.41, 5.74) is 7.00. The number of pyridine rings is 1. The molecule has 1 aliphatic heterocycles. The number of nitrogens with two attached hydrogens (primary N) is 1. The van der Waals surface area contributed by atoms with Gasteiger partial charge in [-0.1, -0.05) is 0 Å². The highest BCUT2D eigenvalue weighted by Crippen LogP contribution is 2.29. The number of nitrogens with zero attached hydrogens (tertiary/aromatic N) is 2. The first-order chi connectivity index (χ1) is 7.29. The first-order valence-corrected chi connectivity index (χ1v) is 5.66. The summed E-state index contributed by atoms with van der Waals surface area (Å²) < 4.78 is 0. The summed E-state index contributed by atoms with van der Waals surface area (Å²) in [6.45, 7) is 0.975. The lowest BCUT2D eigenvalue weighted by atomic mass is 9.96. The summed E-state index contributed by atoms with van der Waals surface area (Å²) in [6.07, 6.45) is 7.19. The van der Waals surface area contributed by atoms with Gasteiger partial charge >= 0.3 is 0 Å². The van der Waals surface area contributed by atoms with Gasteiger partial charge in [0.25, 0.3) is 0 Å². The van der Waals surface area contributed by atoms with Crippen molar-refractivity contribution in [2.75, 3.05) is 6.54 Å². The van der Waals surface area contributed by atoms with E-state index in [1.807, 2.05) is 24.5 Å². The predicted octanol–water partition coefficient (Wildman–Crippen LogP) is 1.85. The van der Waals surface area contributed by atoms with Crippen molar-refractivity contribution in [3.05, 3.63) is 30.1 Å². The monoisotopic (exact) mass is 221 g/mol. The standard InChI is InChI=1S/C11H15N3S/c12-11(15)14-8-2-1-3-10(14)9-4-6-13-7-5-9/h4-7,10H,1-3,8H2,(H2,12,15). The third kappa shape index (κ3) is 2.26. The molecule has 0 saturated carbocycles. The van der Waals surface area contributed by atoms with Crippen LogP contribution < -0.4 is 5.73 Å². The second-order valence-corrected chi connectivity index (χ2v) is 4.24. The van der Waals surface area contributed by atoms with Crippen molar-refractivity contribution < 1.29 is 0 Å². The third-order valence-corrected chi connectivity index (χ3v) is 3.11. The lowest BCUT2D eigenvalue weighted by molar-refractivity contribution is 0.246. The van der Waals surface area contributed by atoms with E-state index < -0.39 is 0 Å². The summed E-state index contributed by atoms with van der Waals surface area (Å²) in [5.74, 6) is 0. The lowest BCUT2D eigenvalue weighted by Crippen LogP contribution is -2.41. The molecule has 2 N–H and O–H groups in total. The van der Waals surface area contributed by atoms with Crippen molar-refractivity contribution in [3.63, 3.8) is 0 Å². The van der Waals surface area contributed by atoms with E-state index in [1.54, 1.807) is 0 Å². The molecule has 0 amide bonds. The van der Waals surface area contributed by atoms with Gasteiger partial charge in [0.05, 0.1) is 6.04 Å². The number of hydrogen-bond donors (Lipinski definition) is 1. The molecule has 0 radical (unpaired) electrons. The van der Waals surface area contributed by atoms with Gasteiger partial charge in [0.15, 0.2) is 5.11 Å². The van der Waals surface area contributed by atoms with Crippen molar-refractivity contribution in [1.82, 2.24) is 9.88 Å². The number of rotatable bonds is 1. The molecule has 3 nitrogen and oxygen atoms in total. The summed E-state index contributed by atoms with van der Waals surface area (Å²) in [5, 5.41) is 0.511. The van der Waals surface area contributed by atoms with E-state index in [0.29, 0.717) is 11.2 Å². The Kier molecular flexibility index (Phi) is 3.16. The average Bonchev–Trinajstić information content (AvgIpc) is 2.30. The van der Waals surface area contributed by atoms with Crippen LogP contribution in [0, 0.1) is 0 Å². The second-order valence-electron chi connectivity index (χ2n) is 3.82. The number of likely N-dealkylation sites (tertiary alicyclic amines) is 1. The van der Waals surface area contributed by atoms with E-state index in [0.717, 1.165) is 13.0 Å². The molecule has 0 bridgehead atoms. The van der Waals surface area contributed by atoms with Crippen LogP contribution in [0.4, 0.5) is 0 Å². The molecule has 1 aliphatic rings. The molecule has 80 valence electrons. The molecule has 2 rings (SSSR count). The van der Waals surface area contributed by atoms with E-state index in [9.17, 15) is 0 Å². The Labute approximate surface area is 95.3 Å². The largest absolute Gasteiger partial charge is 0.376 e. The zero-order valence-electron chi connectivity index (χ0n) is 8.60. The van der Waals surface area contributed by atoms with Gasteiger partial charge in [-0.05, 0) is 49.2 Å². The van der Waals surface area contributed by atoms with Crippen molar-refractivity contribution in [2.45, 2.75) is 25.3 Å². The quantitative estimate of drug-likeness (QED) is 0.735. The minimum Gasteiger partial charge on any atom is -0.376 e. The highest BCUT2D eigenvalue weighted by molar-refractivity contribution is 7.80. The van der Waals surface area contributed by atoms with Crippen LogP contribution in [-0.2, 0) is 0 Å². The fraction of sp³-hybridized carbons (Fsp3) is 0.455. The van der Waals surface area contributed by atoms with Crippen LogP contribution in [0.2, 0.25) is 0 Å². The zero-order valence-corrected chi connectivity index (χ0v) is 9.41. The van der Waals surface area contributed by atoms with E-state index in [4.69, 9.17) is 18.0 Å². The predicted molar refractivity (Wildman–Crippen MR) is 64.3 cm³/mol. The SMILES string of the molecule is NC(=S)N1CCCCC1c1ccncc1. The fourth-order valence-electron chi connectivity index (χ4n) is 2.13. The number of hydrogen-bond acceptors (Lipinski definition) is 2. The van der Waals surface area contributed by atoms with Gasteiger partial charge in [-0.25, -0.2) is 0 Å². The Hall–Kier alpha value is -1.16. The summed E-state index contributed by atoms with van der Waals surface area (Å²) >= 11 is 5.08. The Morgan fingerprint density at radius 1 is 1.40 bits per heavy atom. The highest BCUT2D eigenvalue weighted by Gasteiger charge is 2.24. The molecule has 1 unspecified atom stereocenters. The smallest absolute Gasteiger partial charge is 0.166 e. The molecular formula is C11H15N3S. The fourth-order valence-corrected chi connectivity index (χ4v) is 2.35. The van der Waals surface area contributed by atoms with Crippen molar-refractivity contribution >= 4 is 17.3 Å². The van der Waals surface area contributed by atoms with Crippen LogP contribution in [0.5, 0.6) is 0 Å². The van der Waals surface area contributed by atoms with Gasteiger partial charge in [-0.2, -0.15) is 0 Å². The number of thiocarbonyl (C=S) groups is 1. The molecule has 1 saturated heterocycles. The maximum absolute atomic E-state index is 5.74. The van der Waals surface area contributed by atoms with E-state index >= 15 is 0 Å². The van der Waals surface area contributed by atoms with Crippen LogP contribution in [0.25, 0.3) is 0 Å². The Morgan fingerprint density at radius 2 is 2.13 bits per heavy atom. The van der Waals surface area contributed by atoms with E-state index in [-0.39, 0.29) is 0 Å². The Bertz CT molecular complexity index is 339. The number of aromatic nitrogens is 1. The molecule has 0 aliphatic carbocycles. The topological polar surface area (TPSA) is 42.1 Å². The van der Waals surface area contributed by atoms with Crippen LogP contribution >= 0.6 is 12.2 Å². The van der Waals surface area contributed by atoms with Crippen LogP contribution in [0.1, 0.15) is 30.9 Å².